The summed E-state index contributed by atoms with van der Waals surface area (Å²) < 4.78 is 5.45. The van der Waals surface area contributed by atoms with E-state index in [4.69, 9.17) is 4.74 Å². The Hall–Kier alpha value is -1.62. The third-order valence-corrected chi connectivity index (χ3v) is 3.80. The van der Waals surface area contributed by atoms with Crippen LogP contribution in [0.25, 0.3) is 0 Å². The van der Waals surface area contributed by atoms with Gasteiger partial charge in [-0.15, -0.1) is 0 Å². The number of pyridine rings is 1. The number of hydrogen-bond acceptors (Lipinski definition) is 4. The van der Waals surface area contributed by atoms with Crippen LogP contribution in [-0.4, -0.2) is 49.1 Å². The van der Waals surface area contributed by atoms with Crippen molar-refractivity contribution in [2.75, 3.05) is 32.6 Å². The molecule has 0 radical (unpaired) electrons. The molecule has 0 saturated carbocycles. The number of piperidine rings is 1. The van der Waals surface area contributed by atoms with E-state index < -0.39 is 0 Å². The molecule has 5 nitrogen and oxygen atoms in total. The van der Waals surface area contributed by atoms with Crippen LogP contribution in [0.5, 0.6) is 0 Å². The lowest BCUT2D eigenvalue weighted by Crippen LogP contribution is -2.46. The summed E-state index contributed by atoms with van der Waals surface area (Å²) in [6.07, 6.45) is 4.39. The molecule has 0 spiro atoms. The van der Waals surface area contributed by atoms with Crippen LogP contribution >= 0.6 is 0 Å². The van der Waals surface area contributed by atoms with E-state index in [1.807, 2.05) is 18.0 Å². The number of likely N-dealkylation sites (tertiary alicyclic amines) is 1. The zero-order valence-corrected chi connectivity index (χ0v) is 11.7. The normalized spacial score (nSPS) is 23.2. The molecule has 2 heterocycles. The summed E-state index contributed by atoms with van der Waals surface area (Å²) in [7, 11) is 3.51. The fourth-order valence-electron chi connectivity index (χ4n) is 2.48. The van der Waals surface area contributed by atoms with Gasteiger partial charge in [0.2, 0.25) is 0 Å². The SMILES string of the molecule is CNc1ccncc1C(=O)N1CCC(C)C(OC)C1. The van der Waals surface area contributed by atoms with E-state index in [2.05, 4.69) is 17.2 Å². The maximum atomic E-state index is 12.5. The molecule has 1 N–H and O–H groups in total. The first-order valence-electron chi connectivity index (χ1n) is 6.61. The maximum absolute atomic E-state index is 12.5. The largest absolute Gasteiger partial charge is 0.387 e. The second kappa shape index (κ2) is 6.02. The molecule has 2 atom stereocenters. The van der Waals surface area contributed by atoms with Crippen LogP contribution < -0.4 is 5.32 Å². The van der Waals surface area contributed by atoms with Crippen molar-refractivity contribution in [3.63, 3.8) is 0 Å². The zero-order chi connectivity index (χ0) is 13.8. The van der Waals surface area contributed by atoms with E-state index in [9.17, 15) is 4.79 Å². The molecule has 19 heavy (non-hydrogen) atoms. The predicted octanol–water partition coefficient (Wildman–Crippen LogP) is 1.62. The highest BCUT2D eigenvalue weighted by Gasteiger charge is 2.30. The zero-order valence-electron chi connectivity index (χ0n) is 11.7. The average molecular weight is 263 g/mol. The summed E-state index contributed by atoms with van der Waals surface area (Å²) in [5.74, 6) is 0.512. The molecular formula is C14H21N3O2. The molecule has 1 aromatic rings. The molecule has 1 aromatic heterocycles. The first-order valence-corrected chi connectivity index (χ1v) is 6.61. The smallest absolute Gasteiger partial charge is 0.257 e. The van der Waals surface area contributed by atoms with Crippen LogP contribution in [-0.2, 0) is 4.74 Å². The van der Waals surface area contributed by atoms with Crippen molar-refractivity contribution >= 4 is 11.6 Å². The van der Waals surface area contributed by atoms with Crippen molar-refractivity contribution in [1.82, 2.24) is 9.88 Å². The fourth-order valence-corrected chi connectivity index (χ4v) is 2.48. The van der Waals surface area contributed by atoms with Crippen molar-refractivity contribution in [1.29, 1.82) is 0 Å². The number of methoxy groups -OCH3 is 1. The molecule has 5 heteroatoms. The number of nitrogens with one attached hydrogen (secondary N) is 1. The quantitative estimate of drug-likeness (QED) is 0.900. The van der Waals surface area contributed by atoms with E-state index in [1.54, 1.807) is 19.5 Å². The van der Waals surface area contributed by atoms with Gasteiger partial charge in [-0.05, 0) is 18.4 Å². The number of hydrogen-bond donors (Lipinski definition) is 1. The fraction of sp³-hybridized carbons (Fsp3) is 0.571. The topological polar surface area (TPSA) is 54.5 Å². The Balaban J connectivity index is 2.15. The standard InChI is InChI=1S/C14H21N3O2/c1-10-5-7-17(9-13(10)19-3)14(18)11-8-16-6-4-12(11)15-2/h4,6,8,10,13H,5,7,9H2,1-3H3,(H,15,16). The Bertz CT molecular complexity index is 450. The van der Waals surface area contributed by atoms with Crippen LogP contribution in [0.4, 0.5) is 5.69 Å². The number of rotatable bonds is 3. The summed E-state index contributed by atoms with van der Waals surface area (Å²) in [6, 6.07) is 1.81. The summed E-state index contributed by atoms with van der Waals surface area (Å²) in [5, 5.41) is 3.03. The molecule has 1 saturated heterocycles. The van der Waals surface area contributed by atoms with Gasteiger partial charge in [-0.2, -0.15) is 0 Å². The van der Waals surface area contributed by atoms with Crippen LogP contribution in [0.3, 0.4) is 0 Å². The molecule has 1 aliphatic heterocycles. The Morgan fingerprint density at radius 2 is 2.37 bits per heavy atom. The highest BCUT2D eigenvalue weighted by Crippen LogP contribution is 2.23. The van der Waals surface area contributed by atoms with E-state index >= 15 is 0 Å². The molecule has 1 fully saturated rings. The van der Waals surface area contributed by atoms with Gasteiger partial charge in [-0.3, -0.25) is 9.78 Å². The van der Waals surface area contributed by atoms with E-state index in [0.717, 1.165) is 18.7 Å². The van der Waals surface area contributed by atoms with Crippen molar-refractivity contribution in [2.24, 2.45) is 5.92 Å². The molecule has 0 bridgehead atoms. The van der Waals surface area contributed by atoms with Crippen LogP contribution in [0.2, 0.25) is 0 Å². The molecule has 1 amide bonds. The molecule has 104 valence electrons. The Morgan fingerprint density at radius 3 is 3.05 bits per heavy atom. The predicted molar refractivity (Wildman–Crippen MR) is 74.3 cm³/mol. The highest BCUT2D eigenvalue weighted by molar-refractivity contribution is 5.99. The first kappa shape index (κ1) is 13.8. The highest BCUT2D eigenvalue weighted by atomic mass is 16.5. The number of carbonyl (C=O) groups is 1. The average Bonchev–Trinajstić information content (AvgIpc) is 2.47. The van der Waals surface area contributed by atoms with Crippen molar-refractivity contribution in [2.45, 2.75) is 19.4 Å². The summed E-state index contributed by atoms with van der Waals surface area (Å²) >= 11 is 0. The summed E-state index contributed by atoms with van der Waals surface area (Å²) in [5.41, 5.74) is 1.43. The van der Waals surface area contributed by atoms with Gasteiger partial charge in [-0.1, -0.05) is 6.92 Å². The number of amides is 1. The lowest BCUT2D eigenvalue weighted by Gasteiger charge is -2.36. The van der Waals surface area contributed by atoms with E-state index in [1.165, 1.54) is 0 Å². The third-order valence-electron chi connectivity index (χ3n) is 3.80. The van der Waals surface area contributed by atoms with Crippen LogP contribution in [0.15, 0.2) is 18.5 Å². The third kappa shape index (κ3) is 2.87. The van der Waals surface area contributed by atoms with Gasteiger partial charge in [0.15, 0.2) is 0 Å². The van der Waals surface area contributed by atoms with Crippen molar-refractivity contribution < 1.29 is 9.53 Å². The summed E-state index contributed by atoms with van der Waals surface area (Å²) in [6.45, 7) is 3.59. The second-order valence-corrected chi connectivity index (χ2v) is 4.96. The van der Waals surface area contributed by atoms with E-state index in [-0.39, 0.29) is 12.0 Å². The lowest BCUT2D eigenvalue weighted by molar-refractivity contribution is -0.00154. The van der Waals surface area contributed by atoms with Crippen LogP contribution in [0, 0.1) is 5.92 Å². The van der Waals surface area contributed by atoms with Gasteiger partial charge < -0.3 is 15.0 Å². The number of aromatic nitrogens is 1. The summed E-state index contributed by atoms with van der Waals surface area (Å²) in [4.78, 5) is 18.4. The molecule has 2 rings (SSSR count). The molecule has 1 aliphatic rings. The van der Waals surface area contributed by atoms with Crippen LogP contribution in [0.1, 0.15) is 23.7 Å². The van der Waals surface area contributed by atoms with E-state index in [0.29, 0.717) is 18.0 Å². The Kier molecular flexibility index (Phi) is 4.37. The van der Waals surface area contributed by atoms with Gasteiger partial charge in [0.1, 0.15) is 0 Å². The van der Waals surface area contributed by atoms with Gasteiger partial charge in [0, 0.05) is 45.3 Å². The van der Waals surface area contributed by atoms with Crippen molar-refractivity contribution in [3.8, 4) is 0 Å². The monoisotopic (exact) mass is 263 g/mol. The first-order chi connectivity index (χ1) is 9.17. The minimum absolute atomic E-state index is 0.0198. The Morgan fingerprint density at radius 1 is 1.58 bits per heavy atom. The van der Waals surface area contributed by atoms with Gasteiger partial charge in [0.25, 0.3) is 5.91 Å². The number of nitrogens with zero attached hydrogens (tertiary/aromatic N) is 2. The number of anilines is 1. The Labute approximate surface area is 114 Å². The van der Waals surface area contributed by atoms with Gasteiger partial charge >= 0.3 is 0 Å². The minimum atomic E-state index is 0.0198. The van der Waals surface area contributed by atoms with Crippen molar-refractivity contribution in [3.05, 3.63) is 24.0 Å². The maximum Gasteiger partial charge on any atom is 0.257 e. The number of carbonyl (C=O) groups excluding carboxylic acids is 1. The van der Waals surface area contributed by atoms with Gasteiger partial charge in [-0.25, -0.2) is 0 Å². The number of ether oxygens (including phenoxy) is 1. The molecule has 2 unspecified atom stereocenters. The lowest BCUT2D eigenvalue weighted by atomic mass is 9.95. The van der Waals surface area contributed by atoms with Gasteiger partial charge in [0.05, 0.1) is 11.7 Å². The minimum Gasteiger partial charge on any atom is -0.387 e. The molecular weight excluding hydrogens is 242 g/mol. The molecule has 0 aliphatic carbocycles. The second-order valence-electron chi connectivity index (χ2n) is 4.96. The molecule has 0 aromatic carbocycles.